The maximum Gasteiger partial charge on any atom is 0.330 e. The molecule has 1 aliphatic rings. The third kappa shape index (κ3) is 5.97. The summed E-state index contributed by atoms with van der Waals surface area (Å²) in [4.78, 5) is 41.7. The van der Waals surface area contributed by atoms with E-state index in [-0.39, 0.29) is 6.61 Å². The number of ether oxygens (including phenoxy) is 3. The van der Waals surface area contributed by atoms with Crippen LogP contribution in [0.3, 0.4) is 0 Å². The highest BCUT2D eigenvalue weighted by Gasteiger charge is 2.47. The highest BCUT2D eigenvalue weighted by Crippen LogP contribution is 2.41. The van der Waals surface area contributed by atoms with Gasteiger partial charge in [0.2, 0.25) is 0 Å². The summed E-state index contributed by atoms with van der Waals surface area (Å²) in [6.07, 6.45) is -0.227. The average Bonchev–Trinajstić information content (AvgIpc) is 3.46. The van der Waals surface area contributed by atoms with Crippen LogP contribution in [-0.4, -0.2) is 34.3 Å². The Morgan fingerprint density at radius 1 is 0.822 bits per heavy atom. The average molecular weight is 603 g/mol. The van der Waals surface area contributed by atoms with Gasteiger partial charge < -0.3 is 14.2 Å². The molecule has 1 aliphatic heterocycles. The molecule has 0 saturated carbocycles. The van der Waals surface area contributed by atoms with Crippen molar-refractivity contribution >= 4 is 5.97 Å². The highest BCUT2D eigenvalue weighted by molar-refractivity contribution is 5.92. The van der Waals surface area contributed by atoms with Gasteiger partial charge in [-0.05, 0) is 42.7 Å². The Kier molecular flexibility index (Phi) is 8.49. The SMILES string of the molecule is Cc1ccc(O[C@H]2C[C@@H](n3cc(C)c(=O)[nH]c3=O)O[C@@H]2COC(=O)C(c2ccccc2)(c2ccccc2)c2ccccc2)cc1. The first-order valence-corrected chi connectivity index (χ1v) is 14.9. The summed E-state index contributed by atoms with van der Waals surface area (Å²) >= 11 is 0. The van der Waals surface area contributed by atoms with Crippen LogP contribution in [0.15, 0.2) is 131 Å². The van der Waals surface area contributed by atoms with Gasteiger partial charge in [-0.15, -0.1) is 0 Å². The Morgan fingerprint density at radius 2 is 1.36 bits per heavy atom. The molecule has 1 saturated heterocycles. The van der Waals surface area contributed by atoms with Crippen LogP contribution >= 0.6 is 0 Å². The summed E-state index contributed by atoms with van der Waals surface area (Å²) in [5.74, 6) is 0.160. The molecule has 0 amide bonds. The predicted octanol–water partition coefficient (Wildman–Crippen LogP) is 5.47. The minimum Gasteiger partial charge on any atom is -0.487 e. The molecule has 4 aromatic carbocycles. The van der Waals surface area contributed by atoms with Crippen LogP contribution in [-0.2, 0) is 19.7 Å². The van der Waals surface area contributed by atoms with Gasteiger partial charge in [0.25, 0.3) is 5.56 Å². The third-order valence-corrected chi connectivity index (χ3v) is 8.25. The van der Waals surface area contributed by atoms with Crippen LogP contribution in [0.2, 0.25) is 0 Å². The lowest BCUT2D eigenvalue weighted by atomic mass is 9.69. The zero-order valence-corrected chi connectivity index (χ0v) is 25.1. The van der Waals surface area contributed by atoms with E-state index in [2.05, 4.69) is 4.98 Å². The molecular formula is C37H34N2O6. The summed E-state index contributed by atoms with van der Waals surface area (Å²) in [6.45, 7) is 3.49. The molecule has 8 nitrogen and oxygen atoms in total. The van der Waals surface area contributed by atoms with Crippen molar-refractivity contribution in [2.45, 2.75) is 44.1 Å². The number of esters is 1. The van der Waals surface area contributed by atoms with Crippen molar-refractivity contribution in [2.75, 3.05) is 6.61 Å². The van der Waals surface area contributed by atoms with E-state index in [9.17, 15) is 14.4 Å². The summed E-state index contributed by atoms with van der Waals surface area (Å²) in [5.41, 5.74) is 1.46. The van der Waals surface area contributed by atoms with Gasteiger partial charge in [0, 0.05) is 18.2 Å². The van der Waals surface area contributed by atoms with Gasteiger partial charge in [-0.2, -0.15) is 0 Å². The largest absolute Gasteiger partial charge is 0.487 e. The smallest absolute Gasteiger partial charge is 0.330 e. The Balaban J connectivity index is 1.35. The molecule has 1 fully saturated rings. The summed E-state index contributed by atoms with van der Waals surface area (Å²) in [6, 6.07) is 36.4. The standard InChI is InChI=1S/C37H34N2O6/c1-25-18-20-30(21-19-25)44-31-22-33(39-23-26(2)34(40)38-36(39)42)45-32(31)24-43-35(41)37(27-12-6-3-7-13-27,28-14-8-4-9-15-28)29-16-10-5-11-17-29/h3-21,23,31-33H,22,24H2,1-2H3,(H,38,40,42)/t31-,32+,33-/m0/s1. The molecule has 0 aliphatic carbocycles. The molecule has 0 unspecified atom stereocenters. The monoisotopic (exact) mass is 602 g/mol. The Hall–Kier alpha value is -5.21. The number of aromatic amines is 1. The highest BCUT2D eigenvalue weighted by atomic mass is 16.6. The third-order valence-electron chi connectivity index (χ3n) is 8.25. The van der Waals surface area contributed by atoms with Gasteiger partial charge in [0.05, 0.1) is 0 Å². The summed E-state index contributed by atoms with van der Waals surface area (Å²) < 4.78 is 20.3. The van der Waals surface area contributed by atoms with Gasteiger partial charge in [0.15, 0.2) is 0 Å². The minimum absolute atomic E-state index is 0.128. The van der Waals surface area contributed by atoms with Crippen LogP contribution < -0.4 is 16.0 Å². The molecule has 45 heavy (non-hydrogen) atoms. The molecule has 0 bridgehead atoms. The molecule has 228 valence electrons. The molecule has 0 radical (unpaired) electrons. The van der Waals surface area contributed by atoms with E-state index < -0.39 is 41.1 Å². The number of benzene rings is 4. The number of nitrogens with one attached hydrogen (secondary N) is 1. The fraction of sp³-hybridized carbons (Fsp3) is 0.216. The molecule has 2 heterocycles. The Labute approximate surface area is 260 Å². The number of aromatic nitrogens is 2. The van der Waals surface area contributed by atoms with Crippen LogP contribution in [0.25, 0.3) is 0 Å². The second-order valence-electron chi connectivity index (χ2n) is 11.3. The molecule has 0 spiro atoms. The van der Waals surface area contributed by atoms with Crippen molar-refractivity contribution in [3.05, 3.63) is 170 Å². The van der Waals surface area contributed by atoms with Crippen LogP contribution in [0, 0.1) is 13.8 Å². The molecule has 3 atom stereocenters. The van der Waals surface area contributed by atoms with Crippen molar-refractivity contribution in [1.29, 1.82) is 0 Å². The second-order valence-corrected chi connectivity index (χ2v) is 11.3. The first-order valence-electron chi connectivity index (χ1n) is 14.9. The number of hydrogen-bond donors (Lipinski definition) is 1. The fourth-order valence-electron chi connectivity index (χ4n) is 5.92. The number of H-pyrrole nitrogens is 1. The van der Waals surface area contributed by atoms with E-state index in [1.165, 1.54) is 10.8 Å². The molecule has 6 rings (SSSR count). The summed E-state index contributed by atoms with van der Waals surface area (Å²) in [5, 5.41) is 0. The zero-order chi connectivity index (χ0) is 31.4. The van der Waals surface area contributed by atoms with E-state index in [0.717, 1.165) is 22.3 Å². The maximum atomic E-state index is 14.6. The lowest BCUT2D eigenvalue weighted by Crippen LogP contribution is -2.42. The van der Waals surface area contributed by atoms with E-state index in [4.69, 9.17) is 14.2 Å². The van der Waals surface area contributed by atoms with Gasteiger partial charge in [-0.1, -0.05) is 109 Å². The minimum atomic E-state index is -1.26. The van der Waals surface area contributed by atoms with Gasteiger partial charge in [-0.25, -0.2) is 4.79 Å². The first-order chi connectivity index (χ1) is 21.9. The van der Waals surface area contributed by atoms with Gasteiger partial charge in [0.1, 0.15) is 36.2 Å². The molecule has 5 aromatic rings. The van der Waals surface area contributed by atoms with Crippen molar-refractivity contribution in [1.82, 2.24) is 9.55 Å². The van der Waals surface area contributed by atoms with E-state index in [1.54, 1.807) is 6.92 Å². The maximum absolute atomic E-state index is 14.6. The number of rotatable bonds is 9. The number of carbonyl (C=O) groups excluding carboxylic acids is 1. The molecule has 1 aromatic heterocycles. The van der Waals surface area contributed by atoms with Crippen molar-refractivity contribution in [3.63, 3.8) is 0 Å². The number of carbonyl (C=O) groups is 1. The lowest BCUT2D eigenvalue weighted by molar-refractivity contribution is -0.153. The second kappa shape index (κ2) is 12.8. The predicted molar refractivity (Wildman–Crippen MR) is 170 cm³/mol. The van der Waals surface area contributed by atoms with E-state index in [1.807, 2.05) is 122 Å². The molecule has 8 heteroatoms. The quantitative estimate of drug-likeness (QED) is 0.178. The van der Waals surface area contributed by atoms with E-state index in [0.29, 0.717) is 17.7 Å². The lowest BCUT2D eigenvalue weighted by Gasteiger charge is -2.34. The van der Waals surface area contributed by atoms with Crippen molar-refractivity contribution < 1.29 is 19.0 Å². The fourth-order valence-corrected chi connectivity index (χ4v) is 5.92. The van der Waals surface area contributed by atoms with Gasteiger partial charge >= 0.3 is 11.7 Å². The van der Waals surface area contributed by atoms with Crippen LogP contribution in [0.5, 0.6) is 5.75 Å². The number of hydrogen-bond acceptors (Lipinski definition) is 6. The van der Waals surface area contributed by atoms with Crippen molar-refractivity contribution in [3.8, 4) is 5.75 Å². The topological polar surface area (TPSA) is 99.6 Å². The van der Waals surface area contributed by atoms with Crippen LogP contribution in [0.1, 0.15) is 40.5 Å². The Bertz CT molecular complexity index is 1770. The molecule has 1 N–H and O–H groups in total. The molecular weight excluding hydrogens is 568 g/mol. The van der Waals surface area contributed by atoms with Gasteiger partial charge in [-0.3, -0.25) is 19.1 Å². The van der Waals surface area contributed by atoms with Crippen molar-refractivity contribution in [2.24, 2.45) is 0 Å². The normalized spacial score (nSPS) is 18.0. The first kappa shape index (κ1) is 29.8. The van der Waals surface area contributed by atoms with E-state index >= 15 is 0 Å². The number of aryl methyl sites for hydroxylation is 2. The van der Waals surface area contributed by atoms with Crippen LogP contribution in [0.4, 0.5) is 0 Å². The Morgan fingerprint density at radius 3 is 1.89 bits per heavy atom. The zero-order valence-electron chi connectivity index (χ0n) is 25.1. The number of nitrogens with zero attached hydrogens (tertiary/aromatic N) is 1. The summed E-state index contributed by atoms with van der Waals surface area (Å²) in [7, 11) is 0.